The molecule has 6 nitrogen and oxygen atoms in total. The van der Waals surface area contributed by atoms with E-state index in [0.29, 0.717) is 56.9 Å². The zero-order chi connectivity index (χ0) is 15.8. The van der Waals surface area contributed by atoms with Crippen molar-refractivity contribution in [1.29, 1.82) is 0 Å². The molecule has 0 amide bonds. The Morgan fingerprint density at radius 3 is 1.10 bits per heavy atom. The fraction of sp³-hybridized carbons (Fsp3) is 0.600. The van der Waals surface area contributed by atoms with E-state index < -0.39 is 0 Å². The highest BCUT2D eigenvalue weighted by Gasteiger charge is 2.24. The third kappa shape index (κ3) is 6.20. The largest absolute Gasteiger partial charge is 0.511 e. The van der Waals surface area contributed by atoms with Crippen LogP contribution >= 0.6 is 0 Å². The third-order valence-electron chi connectivity index (χ3n) is 3.36. The first kappa shape index (κ1) is 17.6. The van der Waals surface area contributed by atoms with Gasteiger partial charge in [0.1, 0.15) is 17.3 Å². The van der Waals surface area contributed by atoms with Crippen molar-refractivity contribution in [2.45, 2.75) is 20.8 Å². The van der Waals surface area contributed by atoms with Crippen molar-refractivity contribution in [3.8, 4) is 0 Å². The molecule has 1 heterocycles. The Balaban J connectivity index is 2.72. The van der Waals surface area contributed by atoms with Gasteiger partial charge in [0.2, 0.25) is 0 Å². The molecule has 1 fully saturated rings. The van der Waals surface area contributed by atoms with Crippen molar-refractivity contribution in [2.24, 2.45) is 0 Å². The molecule has 0 aromatic carbocycles. The molecule has 0 radical (unpaired) electrons. The second-order valence-electron chi connectivity index (χ2n) is 5.25. The van der Waals surface area contributed by atoms with Gasteiger partial charge < -0.3 is 15.3 Å². The molecule has 120 valence electrons. The number of aliphatic hydroxyl groups is 3. The highest BCUT2D eigenvalue weighted by Crippen LogP contribution is 2.11. The quantitative estimate of drug-likeness (QED) is 0.653. The fourth-order valence-corrected chi connectivity index (χ4v) is 2.24. The molecule has 1 saturated heterocycles. The van der Waals surface area contributed by atoms with Crippen LogP contribution in [0, 0.1) is 0 Å². The summed E-state index contributed by atoms with van der Waals surface area (Å²) in [5.74, 6) is 0.965. The Kier molecular flexibility index (Phi) is 7.28. The van der Waals surface area contributed by atoms with Crippen molar-refractivity contribution in [3.05, 3.63) is 35.5 Å². The number of allylic oxidation sites excluding steroid dienone is 3. The molecule has 0 atom stereocenters. The van der Waals surface area contributed by atoms with Gasteiger partial charge in [-0.3, -0.25) is 14.7 Å². The number of nitrogens with zero attached hydrogens (tertiary/aromatic N) is 3. The van der Waals surface area contributed by atoms with Crippen molar-refractivity contribution in [1.82, 2.24) is 14.7 Å². The summed E-state index contributed by atoms with van der Waals surface area (Å²) in [6.45, 7) is 8.73. The van der Waals surface area contributed by atoms with Crippen molar-refractivity contribution in [2.75, 3.05) is 39.6 Å². The van der Waals surface area contributed by atoms with Crippen LogP contribution in [0.25, 0.3) is 0 Å². The van der Waals surface area contributed by atoms with E-state index in [0.717, 1.165) is 0 Å². The van der Waals surface area contributed by atoms with E-state index in [-0.39, 0.29) is 0 Å². The van der Waals surface area contributed by atoms with Crippen LogP contribution in [0.1, 0.15) is 20.8 Å². The predicted octanol–water partition coefficient (Wildman–Crippen LogP) is 2.16. The van der Waals surface area contributed by atoms with Crippen LogP contribution < -0.4 is 0 Å². The molecule has 3 N–H and O–H groups in total. The Hall–Kier alpha value is -1.50. The molecule has 0 bridgehead atoms. The van der Waals surface area contributed by atoms with E-state index in [2.05, 4.69) is 14.7 Å². The summed E-state index contributed by atoms with van der Waals surface area (Å²) in [5.41, 5.74) is 0. The summed E-state index contributed by atoms with van der Waals surface area (Å²) in [6, 6.07) is 0. The van der Waals surface area contributed by atoms with Gasteiger partial charge in [-0.1, -0.05) is 0 Å². The van der Waals surface area contributed by atoms with Gasteiger partial charge in [0, 0.05) is 0 Å². The third-order valence-corrected chi connectivity index (χ3v) is 3.36. The van der Waals surface area contributed by atoms with E-state index in [1.54, 1.807) is 39.0 Å². The summed E-state index contributed by atoms with van der Waals surface area (Å²) < 4.78 is 0. The standard InChI is InChI=1S/C15H27N3O3/c1-4-13(19)7-16-10-17(8-14(20)5-2)12-18(11-16)9-15(21)6-3/h4-6,19-21H,7-12H2,1-3H3. The van der Waals surface area contributed by atoms with Crippen LogP contribution in [0.15, 0.2) is 35.5 Å². The van der Waals surface area contributed by atoms with E-state index in [1.165, 1.54) is 0 Å². The molecule has 0 saturated carbocycles. The number of hydrogen-bond donors (Lipinski definition) is 3. The Bertz CT molecular complexity index is 351. The smallest absolute Gasteiger partial charge is 0.102 e. The highest BCUT2D eigenvalue weighted by atomic mass is 16.3. The molecule has 0 aromatic rings. The van der Waals surface area contributed by atoms with Gasteiger partial charge in [0.25, 0.3) is 0 Å². The SMILES string of the molecule is CC=C(O)CN1CN(CC(O)=CC)CN(CC(O)=CC)C1. The monoisotopic (exact) mass is 297 g/mol. The normalized spacial score (nSPS) is 21.0. The minimum absolute atomic E-state index is 0.322. The van der Waals surface area contributed by atoms with Crippen LogP contribution in [-0.4, -0.2) is 69.7 Å². The van der Waals surface area contributed by atoms with Crippen LogP contribution in [0.2, 0.25) is 0 Å². The zero-order valence-electron chi connectivity index (χ0n) is 13.2. The van der Waals surface area contributed by atoms with Gasteiger partial charge in [-0.25, -0.2) is 0 Å². The highest BCUT2D eigenvalue weighted by molar-refractivity contribution is 4.96. The molecule has 21 heavy (non-hydrogen) atoms. The second kappa shape index (κ2) is 8.71. The average molecular weight is 297 g/mol. The molecule has 0 aromatic heterocycles. The van der Waals surface area contributed by atoms with Gasteiger partial charge in [0.05, 0.1) is 39.6 Å². The van der Waals surface area contributed by atoms with E-state index in [9.17, 15) is 15.3 Å². The van der Waals surface area contributed by atoms with Crippen molar-refractivity contribution in [3.63, 3.8) is 0 Å². The average Bonchev–Trinajstić information content (AvgIpc) is 2.46. The lowest BCUT2D eigenvalue weighted by Crippen LogP contribution is -2.55. The molecule has 1 rings (SSSR count). The summed E-state index contributed by atoms with van der Waals surface area (Å²) >= 11 is 0. The topological polar surface area (TPSA) is 70.4 Å². The van der Waals surface area contributed by atoms with Gasteiger partial charge in [-0.2, -0.15) is 0 Å². The molecule has 1 aliphatic rings. The van der Waals surface area contributed by atoms with Crippen molar-refractivity contribution >= 4 is 0 Å². The van der Waals surface area contributed by atoms with Gasteiger partial charge in [-0.05, 0) is 39.0 Å². The van der Waals surface area contributed by atoms with Crippen LogP contribution in [0.3, 0.4) is 0 Å². The number of aliphatic hydroxyl groups excluding tert-OH is 3. The molecule has 1 aliphatic heterocycles. The first-order valence-corrected chi connectivity index (χ1v) is 7.18. The first-order valence-electron chi connectivity index (χ1n) is 7.18. The van der Waals surface area contributed by atoms with E-state index in [4.69, 9.17) is 0 Å². The van der Waals surface area contributed by atoms with Crippen LogP contribution in [0.4, 0.5) is 0 Å². The second-order valence-corrected chi connectivity index (χ2v) is 5.25. The number of hydrogen-bond acceptors (Lipinski definition) is 6. The van der Waals surface area contributed by atoms with Crippen molar-refractivity contribution < 1.29 is 15.3 Å². The molecule has 0 spiro atoms. The zero-order valence-corrected chi connectivity index (χ0v) is 13.2. The maximum Gasteiger partial charge on any atom is 0.102 e. The Morgan fingerprint density at radius 1 is 0.667 bits per heavy atom. The molecule has 0 aliphatic carbocycles. The predicted molar refractivity (Wildman–Crippen MR) is 83.9 cm³/mol. The molecule has 6 heteroatoms. The summed E-state index contributed by atoms with van der Waals surface area (Å²) in [5, 5.41) is 29.1. The lowest BCUT2D eigenvalue weighted by Gasteiger charge is -2.41. The van der Waals surface area contributed by atoms with Crippen LogP contribution in [0.5, 0.6) is 0 Å². The Labute approximate surface area is 126 Å². The molecular formula is C15H27N3O3. The molecule has 0 unspecified atom stereocenters. The van der Waals surface area contributed by atoms with Gasteiger partial charge in [-0.15, -0.1) is 0 Å². The summed E-state index contributed by atoms with van der Waals surface area (Å²) in [4.78, 5) is 6.18. The lowest BCUT2D eigenvalue weighted by molar-refractivity contribution is -0.0272. The maximum absolute atomic E-state index is 9.70. The minimum atomic E-state index is 0.322. The van der Waals surface area contributed by atoms with E-state index in [1.807, 2.05) is 0 Å². The lowest BCUT2D eigenvalue weighted by atomic mass is 10.3. The summed E-state index contributed by atoms with van der Waals surface area (Å²) in [6.07, 6.45) is 5.03. The maximum atomic E-state index is 9.70. The number of rotatable bonds is 6. The van der Waals surface area contributed by atoms with Crippen LogP contribution in [-0.2, 0) is 0 Å². The first-order chi connectivity index (χ1) is 9.98. The minimum Gasteiger partial charge on any atom is -0.511 e. The van der Waals surface area contributed by atoms with E-state index >= 15 is 0 Å². The Morgan fingerprint density at radius 2 is 0.905 bits per heavy atom. The fourth-order valence-electron chi connectivity index (χ4n) is 2.24. The molecular weight excluding hydrogens is 270 g/mol. The van der Waals surface area contributed by atoms with Gasteiger partial charge in [0.15, 0.2) is 0 Å². The summed E-state index contributed by atoms with van der Waals surface area (Å²) in [7, 11) is 0. The van der Waals surface area contributed by atoms with Gasteiger partial charge >= 0.3 is 0 Å².